The number of allylic oxidation sites excluding steroid dienone is 1. The third-order valence-corrected chi connectivity index (χ3v) is 8.31. The normalized spacial score (nSPS) is 10.8. The zero-order chi connectivity index (χ0) is 31.5. The van der Waals surface area contributed by atoms with Crippen molar-refractivity contribution in [2.24, 2.45) is 0 Å². The van der Waals surface area contributed by atoms with Gasteiger partial charge in [-0.05, 0) is 102 Å². The third-order valence-electron chi connectivity index (χ3n) is 8.31. The molecule has 0 aliphatic rings. The number of benzene rings is 3. The highest BCUT2D eigenvalue weighted by atomic mass is 16.5. The van der Waals surface area contributed by atoms with Gasteiger partial charge in [-0.1, -0.05) is 87.4 Å². The molecule has 1 aromatic heterocycles. The molecule has 0 spiro atoms. The number of aromatic nitrogens is 1. The fourth-order valence-corrected chi connectivity index (χ4v) is 5.74. The van der Waals surface area contributed by atoms with Crippen LogP contribution in [0, 0.1) is 0 Å². The lowest BCUT2D eigenvalue weighted by Gasteiger charge is -2.18. The van der Waals surface area contributed by atoms with E-state index in [4.69, 9.17) is 14.2 Å². The quantitative estimate of drug-likeness (QED) is 0.0802. The minimum absolute atomic E-state index is 0.858. The Bertz CT molecular complexity index is 1350. The van der Waals surface area contributed by atoms with Crippen molar-refractivity contribution < 1.29 is 14.2 Å². The molecule has 4 aromatic rings. The molecule has 0 aliphatic carbocycles. The van der Waals surface area contributed by atoms with E-state index < -0.39 is 0 Å². The van der Waals surface area contributed by atoms with E-state index in [1.54, 1.807) is 21.3 Å². The summed E-state index contributed by atoms with van der Waals surface area (Å²) in [6, 6.07) is 31.4. The van der Waals surface area contributed by atoms with Crippen molar-refractivity contribution in [1.29, 1.82) is 0 Å². The van der Waals surface area contributed by atoms with Gasteiger partial charge in [0.2, 0.25) is 0 Å². The van der Waals surface area contributed by atoms with Gasteiger partial charge in [0.25, 0.3) is 0 Å². The van der Waals surface area contributed by atoms with Crippen LogP contribution in [0.25, 0.3) is 11.1 Å². The zero-order valence-corrected chi connectivity index (χ0v) is 27.4. The number of hydrogen-bond donors (Lipinski definition) is 1. The molecule has 5 nitrogen and oxygen atoms in total. The van der Waals surface area contributed by atoms with Gasteiger partial charge in [-0.25, -0.2) is 0 Å². The Balaban J connectivity index is 1.33. The fourth-order valence-electron chi connectivity index (χ4n) is 5.74. The predicted molar refractivity (Wildman–Crippen MR) is 187 cm³/mol. The van der Waals surface area contributed by atoms with Gasteiger partial charge >= 0.3 is 0 Å². The van der Waals surface area contributed by atoms with Crippen molar-refractivity contribution in [2.45, 2.75) is 70.8 Å². The lowest BCUT2D eigenvalue weighted by atomic mass is 9.86. The lowest BCUT2D eigenvalue weighted by Crippen LogP contribution is -2.15. The minimum Gasteiger partial charge on any atom is -0.497 e. The average Bonchev–Trinajstić information content (AvgIpc) is 3.10. The number of ether oxygens (including phenoxy) is 3. The van der Waals surface area contributed by atoms with Crippen molar-refractivity contribution >= 4 is 11.1 Å². The molecule has 0 saturated carbocycles. The Morgan fingerprint density at radius 3 is 1.47 bits per heavy atom. The second kappa shape index (κ2) is 19.3. The van der Waals surface area contributed by atoms with Crippen LogP contribution in [-0.2, 0) is 6.54 Å². The maximum absolute atomic E-state index is 5.47. The van der Waals surface area contributed by atoms with Crippen molar-refractivity contribution in [3.05, 3.63) is 120 Å². The third kappa shape index (κ3) is 11.1. The summed E-state index contributed by atoms with van der Waals surface area (Å²) < 4.78 is 16.4. The molecule has 0 bridgehead atoms. The number of rotatable bonds is 20. The average molecular weight is 607 g/mol. The summed E-state index contributed by atoms with van der Waals surface area (Å²) in [6.07, 6.45) is 14.3. The summed E-state index contributed by atoms with van der Waals surface area (Å²) in [5, 5.41) is 3.51. The largest absolute Gasteiger partial charge is 0.497 e. The Kier molecular flexibility index (Phi) is 14.5. The van der Waals surface area contributed by atoms with Gasteiger partial charge in [-0.15, -0.1) is 0 Å². The molecule has 45 heavy (non-hydrogen) atoms. The topological polar surface area (TPSA) is 52.6 Å². The molecule has 0 atom stereocenters. The van der Waals surface area contributed by atoms with Gasteiger partial charge in [0, 0.05) is 12.7 Å². The first kappa shape index (κ1) is 33.8. The molecule has 0 amide bonds. The Morgan fingerprint density at radius 2 is 1.00 bits per heavy atom. The van der Waals surface area contributed by atoms with Crippen LogP contribution < -0.4 is 19.5 Å². The first-order valence-corrected chi connectivity index (χ1v) is 16.5. The molecule has 0 saturated heterocycles. The van der Waals surface area contributed by atoms with Gasteiger partial charge in [0.1, 0.15) is 17.2 Å². The highest BCUT2D eigenvalue weighted by molar-refractivity contribution is 5.98. The summed E-state index contributed by atoms with van der Waals surface area (Å²) >= 11 is 0. The molecule has 238 valence electrons. The molecular formula is C40H50N2O3. The van der Waals surface area contributed by atoms with Gasteiger partial charge in [-0.2, -0.15) is 0 Å². The number of pyridine rings is 1. The molecule has 0 fully saturated rings. The first-order valence-electron chi connectivity index (χ1n) is 16.5. The van der Waals surface area contributed by atoms with Gasteiger partial charge < -0.3 is 19.5 Å². The summed E-state index contributed by atoms with van der Waals surface area (Å²) in [4.78, 5) is 4.37. The smallest absolute Gasteiger partial charge is 0.118 e. The zero-order valence-electron chi connectivity index (χ0n) is 27.4. The van der Waals surface area contributed by atoms with Crippen LogP contribution in [0.2, 0.25) is 0 Å². The predicted octanol–water partition coefficient (Wildman–Crippen LogP) is 9.76. The maximum Gasteiger partial charge on any atom is 0.118 e. The van der Waals surface area contributed by atoms with E-state index in [9.17, 15) is 0 Å². The molecule has 4 rings (SSSR count). The molecule has 0 aliphatic heterocycles. The second-order valence-corrected chi connectivity index (χ2v) is 11.5. The number of unbranched alkanes of at least 4 members (excludes halogenated alkanes) is 8. The van der Waals surface area contributed by atoms with Crippen molar-refractivity contribution in [2.75, 3.05) is 27.9 Å². The van der Waals surface area contributed by atoms with Crippen molar-refractivity contribution in [3.8, 4) is 17.2 Å². The number of hydrogen-bond acceptors (Lipinski definition) is 5. The summed E-state index contributed by atoms with van der Waals surface area (Å²) in [6.45, 7) is 1.92. The van der Waals surface area contributed by atoms with Crippen LogP contribution in [-0.4, -0.2) is 32.9 Å². The van der Waals surface area contributed by atoms with E-state index in [1.807, 2.05) is 42.6 Å². The van der Waals surface area contributed by atoms with E-state index in [0.717, 1.165) is 48.9 Å². The molecular weight excluding hydrogens is 556 g/mol. The highest BCUT2D eigenvalue weighted by Crippen LogP contribution is 2.37. The standard InChI is InChI=1S/C40H50N2O3/c1-43-36-23-17-32(18-24-36)39(40(33-19-25-37(44-2)26-20-33)34-21-27-38(45-3)28-22-34)16-11-9-7-5-4-6-8-10-13-29-41-31-35-15-12-14-30-42-35/h12,14-15,17-28,30,41H,4-11,13,16,29,31H2,1-3H3. The molecule has 0 radical (unpaired) electrons. The van der Waals surface area contributed by atoms with Crippen LogP contribution in [0.3, 0.4) is 0 Å². The Labute approximate surface area is 270 Å². The minimum atomic E-state index is 0.858. The van der Waals surface area contributed by atoms with Crippen LogP contribution in [0.15, 0.2) is 97.2 Å². The van der Waals surface area contributed by atoms with Gasteiger partial charge in [-0.3, -0.25) is 4.98 Å². The monoisotopic (exact) mass is 606 g/mol. The van der Waals surface area contributed by atoms with Gasteiger partial charge in [0.15, 0.2) is 0 Å². The summed E-state index contributed by atoms with van der Waals surface area (Å²) in [5.41, 5.74) is 7.30. The molecule has 3 aromatic carbocycles. The van der Waals surface area contributed by atoms with Crippen LogP contribution in [0.1, 0.15) is 86.6 Å². The van der Waals surface area contributed by atoms with E-state index in [-0.39, 0.29) is 0 Å². The Morgan fingerprint density at radius 1 is 0.533 bits per heavy atom. The second-order valence-electron chi connectivity index (χ2n) is 11.5. The van der Waals surface area contributed by atoms with E-state index in [0.29, 0.717) is 0 Å². The van der Waals surface area contributed by atoms with Crippen LogP contribution in [0.4, 0.5) is 0 Å². The number of methoxy groups -OCH3 is 3. The number of nitrogens with zero attached hydrogens (tertiary/aromatic N) is 1. The van der Waals surface area contributed by atoms with Crippen molar-refractivity contribution in [3.63, 3.8) is 0 Å². The molecule has 0 unspecified atom stereocenters. The Hall–Kier alpha value is -4.09. The first-order chi connectivity index (χ1) is 22.2. The number of nitrogens with one attached hydrogen (secondary N) is 1. The molecule has 1 heterocycles. The summed E-state index contributed by atoms with van der Waals surface area (Å²) in [5.74, 6) is 2.58. The SMILES string of the molecule is COc1ccc(C(CCCCCCCCCCCNCc2ccccn2)=C(c2ccc(OC)cc2)c2ccc(OC)cc2)cc1. The van der Waals surface area contributed by atoms with Crippen molar-refractivity contribution in [1.82, 2.24) is 10.3 Å². The van der Waals surface area contributed by atoms with Crippen LogP contribution >= 0.6 is 0 Å². The highest BCUT2D eigenvalue weighted by Gasteiger charge is 2.15. The molecule has 1 N–H and O–H groups in total. The summed E-state index contributed by atoms with van der Waals surface area (Å²) in [7, 11) is 5.14. The van der Waals surface area contributed by atoms with E-state index in [1.165, 1.54) is 79.2 Å². The van der Waals surface area contributed by atoms with E-state index in [2.05, 4.69) is 64.9 Å². The van der Waals surface area contributed by atoms with Crippen LogP contribution in [0.5, 0.6) is 17.2 Å². The molecule has 5 heteroatoms. The van der Waals surface area contributed by atoms with Gasteiger partial charge in [0.05, 0.1) is 27.0 Å². The fraction of sp³-hybridized carbons (Fsp3) is 0.375. The van der Waals surface area contributed by atoms with E-state index >= 15 is 0 Å². The maximum atomic E-state index is 5.47. The lowest BCUT2D eigenvalue weighted by molar-refractivity contribution is 0.414.